The molecule has 0 radical (unpaired) electrons. The summed E-state index contributed by atoms with van der Waals surface area (Å²) in [6.07, 6.45) is 4.32. The molecule has 0 atom stereocenters. The molecule has 1 saturated carbocycles. The zero-order chi connectivity index (χ0) is 10.9. The minimum absolute atomic E-state index is 0.431. The highest BCUT2D eigenvalue weighted by Crippen LogP contribution is 2.36. The Morgan fingerprint density at radius 2 is 1.60 bits per heavy atom. The largest absolute Gasteiger partial charge is 0.514 e. The molecule has 0 aromatic rings. The molecule has 5 heteroatoms. The normalized spacial score (nSPS) is 24.7. The predicted octanol–water partition coefficient (Wildman–Crippen LogP) is 1.19. The van der Waals surface area contributed by atoms with Gasteiger partial charge in [0, 0.05) is 12.8 Å². The van der Waals surface area contributed by atoms with Gasteiger partial charge in [0.05, 0.1) is 0 Å². The topological polar surface area (TPSA) is 72.8 Å². The van der Waals surface area contributed by atoms with Crippen LogP contribution in [-0.4, -0.2) is 22.8 Å². The lowest BCUT2D eigenvalue weighted by atomic mass is 9.93. The quantitative estimate of drug-likeness (QED) is 0.282. The molecule has 2 rings (SSSR count). The van der Waals surface area contributed by atoms with Crippen molar-refractivity contribution >= 4 is 11.9 Å². The molecule has 82 valence electrons. The molecule has 2 fully saturated rings. The van der Waals surface area contributed by atoms with Gasteiger partial charge in [-0.2, -0.15) is 0 Å². The van der Waals surface area contributed by atoms with Gasteiger partial charge in [0.2, 0.25) is 0 Å². The van der Waals surface area contributed by atoms with Crippen LogP contribution < -0.4 is 0 Å². The fourth-order valence-electron chi connectivity index (χ4n) is 1.95. The maximum absolute atomic E-state index is 11.4. The van der Waals surface area contributed by atoms with Crippen LogP contribution in [0.5, 0.6) is 0 Å². The molecule has 15 heavy (non-hydrogen) atoms. The average molecular weight is 212 g/mol. The summed E-state index contributed by atoms with van der Waals surface area (Å²) >= 11 is 0. The number of ether oxygens (including phenoxy) is 2. The van der Waals surface area contributed by atoms with Crippen molar-refractivity contribution in [3.63, 3.8) is 0 Å². The molecule has 1 heterocycles. The van der Waals surface area contributed by atoms with Gasteiger partial charge in [-0.25, -0.2) is 9.59 Å². The highest BCUT2D eigenvalue weighted by Gasteiger charge is 2.46. The van der Waals surface area contributed by atoms with Crippen LogP contribution in [0.2, 0.25) is 0 Å². The molecule has 0 aromatic heterocycles. The zero-order valence-corrected chi connectivity index (χ0v) is 8.19. The lowest BCUT2D eigenvalue weighted by molar-refractivity contribution is -0.244. The van der Waals surface area contributed by atoms with Crippen molar-refractivity contribution in [1.82, 2.24) is 0 Å². The van der Waals surface area contributed by atoms with Crippen LogP contribution in [0.4, 0.5) is 0 Å². The Bertz CT molecular complexity index is 303. The van der Waals surface area contributed by atoms with Gasteiger partial charge in [0.25, 0.3) is 5.79 Å². The molecule has 1 saturated heterocycles. The lowest BCUT2D eigenvalue weighted by Gasteiger charge is -2.38. The van der Waals surface area contributed by atoms with Crippen LogP contribution >= 0.6 is 0 Å². The van der Waals surface area contributed by atoms with Crippen LogP contribution in [-0.2, 0) is 19.1 Å². The standard InChI is InChI=1S/C10H12O5/c11-6-7-8(12)14-10(15-9(7)13)4-2-1-3-5-10/h6,11H,1-5H2. The summed E-state index contributed by atoms with van der Waals surface area (Å²) in [5.74, 6) is -2.66. The Balaban J connectivity index is 2.19. The summed E-state index contributed by atoms with van der Waals surface area (Å²) in [6.45, 7) is 0. The Labute approximate surface area is 86.7 Å². The number of aliphatic hydroxyl groups excluding tert-OH is 1. The average Bonchev–Trinajstić information content (AvgIpc) is 2.18. The Morgan fingerprint density at radius 1 is 1.07 bits per heavy atom. The van der Waals surface area contributed by atoms with Crippen LogP contribution in [0, 0.1) is 0 Å². The predicted molar refractivity (Wildman–Crippen MR) is 48.7 cm³/mol. The van der Waals surface area contributed by atoms with Crippen molar-refractivity contribution in [3.05, 3.63) is 11.8 Å². The van der Waals surface area contributed by atoms with E-state index in [-0.39, 0.29) is 0 Å². The third kappa shape index (κ3) is 1.69. The Hall–Kier alpha value is -1.52. The third-order valence-electron chi connectivity index (χ3n) is 2.74. The van der Waals surface area contributed by atoms with Crippen molar-refractivity contribution < 1.29 is 24.2 Å². The van der Waals surface area contributed by atoms with E-state index in [1.165, 1.54) is 0 Å². The van der Waals surface area contributed by atoms with Gasteiger partial charge in [-0.3, -0.25) is 0 Å². The molecule has 0 aromatic carbocycles. The van der Waals surface area contributed by atoms with Crippen LogP contribution in [0.25, 0.3) is 0 Å². The fraction of sp³-hybridized carbons (Fsp3) is 0.600. The van der Waals surface area contributed by atoms with E-state index in [9.17, 15) is 9.59 Å². The van der Waals surface area contributed by atoms with E-state index in [2.05, 4.69) is 0 Å². The molecule has 2 aliphatic rings. The Morgan fingerprint density at radius 3 is 2.07 bits per heavy atom. The Kier molecular flexibility index (Phi) is 2.38. The van der Waals surface area contributed by atoms with E-state index in [0.717, 1.165) is 19.3 Å². The number of hydrogen-bond donors (Lipinski definition) is 1. The SMILES string of the molecule is O=C1OC2(CCCCC2)OC(=O)C1=CO. The van der Waals surface area contributed by atoms with Crippen molar-refractivity contribution in [1.29, 1.82) is 0 Å². The first kappa shape index (κ1) is 10.0. The van der Waals surface area contributed by atoms with Crippen molar-refractivity contribution in [2.75, 3.05) is 0 Å². The molecular formula is C10H12O5. The third-order valence-corrected chi connectivity index (χ3v) is 2.74. The first-order valence-electron chi connectivity index (χ1n) is 4.98. The number of esters is 2. The van der Waals surface area contributed by atoms with Gasteiger partial charge in [0.15, 0.2) is 5.57 Å². The smallest absolute Gasteiger partial charge is 0.352 e. The van der Waals surface area contributed by atoms with E-state index in [0.29, 0.717) is 19.1 Å². The highest BCUT2D eigenvalue weighted by atomic mass is 16.7. The number of rotatable bonds is 0. The molecule has 0 unspecified atom stereocenters. The van der Waals surface area contributed by atoms with E-state index < -0.39 is 23.3 Å². The van der Waals surface area contributed by atoms with E-state index >= 15 is 0 Å². The van der Waals surface area contributed by atoms with Gasteiger partial charge in [-0.15, -0.1) is 0 Å². The first-order chi connectivity index (χ1) is 7.17. The molecule has 1 aliphatic carbocycles. The van der Waals surface area contributed by atoms with Gasteiger partial charge in [0.1, 0.15) is 6.26 Å². The summed E-state index contributed by atoms with van der Waals surface area (Å²) in [5.41, 5.74) is -0.439. The second kappa shape index (κ2) is 3.56. The van der Waals surface area contributed by atoms with E-state index in [4.69, 9.17) is 14.6 Å². The molecule has 0 amide bonds. The summed E-state index contributed by atoms with van der Waals surface area (Å²) < 4.78 is 10.2. The number of aliphatic hydroxyl groups is 1. The molecule has 0 bridgehead atoms. The number of carbonyl (C=O) groups excluding carboxylic acids is 2. The first-order valence-corrected chi connectivity index (χ1v) is 4.98. The molecule has 1 spiro atoms. The molecular weight excluding hydrogens is 200 g/mol. The van der Waals surface area contributed by atoms with Gasteiger partial charge in [-0.05, 0) is 12.8 Å². The summed E-state index contributed by atoms with van der Waals surface area (Å²) in [7, 11) is 0. The zero-order valence-electron chi connectivity index (χ0n) is 8.19. The molecule has 1 aliphatic heterocycles. The minimum atomic E-state index is -1.07. The van der Waals surface area contributed by atoms with Crippen molar-refractivity contribution in [2.45, 2.75) is 37.9 Å². The van der Waals surface area contributed by atoms with Crippen LogP contribution in [0.1, 0.15) is 32.1 Å². The highest BCUT2D eigenvalue weighted by molar-refractivity contribution is 6.15. The second-order valence-electron chi connectivity index (χ2n) is 3.79. The summed E-state index contributed by atoms with van der Waals surface area (Å²) in [5, 5.41) is 8.65. The monoisotopic (exact) mass is 212 g/mol. The number of hydrogen-bond acceptors (Lipinski definition) is 5. The van der Waals surface area contributed by atoms with Crippen LogP contribution in [0.15, 0.2) is 11.8 Å². The van der Waals surface area contributed by atoms with E-state index in [1.54, 1.807) is 0 Å². The fourth-order valence-corrected chi connectivity index (χ4v) is 1.95. The van der Waals surface area contributed by atoms with Crippen molar-refractivity contribution in [2.24, 2.45) is 0 Å². The minimum Gasteiger partial charge on any atom is -0.514 e. The maximum atomic E-state index is 11.4. The van der Waals surface area contributed by atoms with Crippen LogP contribution in [0.3, 0.4) is 0 Å². The lowest BCUT2D eigenvalue weighted by Crippen LogP contribution is -2.47. The van der Waals surface area contributed by atoms with Crippen molar-refractivity contribution in [3.8, 4) is 0 Å². The van der Waals surface area contributed by atoms with E-state index in [1.807, 2.05) is 0 Å². The van der Waals surface area contributed by atoms with Gasteiger partial charge >= 0.3 is 11.9 Å². The van der Waals surface area contributed by atoms with Gasteiger partial charge < -0.3 is 14.6 Å². The summed E-state index contributed by atoms with van der Waals surface area (Å²) in [4.78, 5) is 22.7. The second-order valence-corrected chi connectivity index (χ2v) is 3.79. The molecule has 1 N–H and O–H groups in total. The maximum Gasteiger partial charge on any atom is 0.352 e. The number of carbonyl (C=O) groups is 2. The van der Waals surface area contributed by atoms with Gasteiger partial charge in [-0.1, -0.05) is 6.42 Å². The summed E-state index contributed by atoms with van der Waals surface area (Å²) in [6, 6.07) is 0. The molecule has 5 nitrogen and oxygen atoms in total.